The highest BCUT2D eigenvalue weighted by Crippen LogP contribution is 2.17. The van der Waals surface area contributed by atoms with Gasteiger partial charge >= 0.3 is 0 Å². The average Bonchev–Trinajstić information content (AvgIpc) is 3.02. The summed E-state index contributed by atoms with van der Waals surface area (Å²) in [4.78, 5) is 6.71. The van der Waals surface area contributed by atoms with Crippen LogP contribution < -0.4 is 5.32 Å². The van der Waals surface area contributed by atoms with E-state index in [1.807, 2.05) is 37.2 Å². The van der Waals surface area contributed by atoms with Crippen LogP contribution in [0, 0.1) is 0 Å². The zero-order valence-corrected chi connectivity index (χ0v) is 13.7. The molecule has 0 saturated carbocycles. The first-order valence-corrected chi connectivity index (χ1v) is 8.12. The molecule has 4 heteroatoms. The highest BCUT2D eigenvalue weighted by atomic mass is 32.1. The summed E-state index contributed by atoms with van der Waals surface area (Å²) >= 11 is 1.75. The molecule has 0 radical (unpaired) electrons. The average molecular weight is 301 g/mol. The number of guanidine groups is 1. The van der Waals surface area contributed by atoms with Crippen LogP contribution in [0.3, 0.4) is 0 Å². The molecule has 1 aromatic carbocycles. The summed E-state index contributed by atoms with van der Waals surface area (Å²) < 4.78 is 0. The van der Waals surface area contributed by atoms with Crippen molar-refractivity contribution >= 4 is 17.3 Å². The highest BCUT2D eigenvalue weighted by Gasteiger charge is 2.08. The Balaban J connectivity index is 1.93. The molecule has 0 aliphatic heterocycles. The zero-order valence-electron chi connectivity index (χ0n) is 12.9. The number of rotatable bonds is 5. The van der Waals surface area contributed by atoms with Gasteiger partial charge in [-0.05, 0) is 33.9 Å². The molecule has 1 unspecified atom stereocenters. The smallest absolute Gasteiger partial charge is 0.193 e. The number of nitrogens with zero attached hydrogens (tertiary/aromatic N) is 2. The summed E-state index contributed by atoms with van der Waals surface area (Å²) in [5, 5.41) is 7.80. The Hall–Kier alpha value is -1.81. The third-order valence-corrected chi connectivity index (χ3v) is 4.06. The Labute approximate surface area is 131 Å². The zero-order chi connectivity index (χ0) is 15.1. The monoisotopic (exact) mass is 301 g/mol. The molecule has 0 aliphatic rings. The van der Waals surface area contributed by atoms with Gasteiger partial charge in [0.15, 0.2) is 5.96 Å². The van der Waals surface area contributed by atoms with Gasteiger partial charge in [-0.3, -0.25) is 0 Å². The maximum Gasteiger partial charge on any atom is 0.193 e. The van der Waals surface area contributed by atoms with E-state index in [-0.39, 0.29) is 0 Å². The van der Waals surface area contributed by atoms with Crippen molar-refractivity contribution in [3.8, 4) is 0 Å². The standard InChI is InChI=1S/C17H23N3S/c1-14(16-9-10-21-13-16)11-18-17(20(2)3)19-12-15-7-5-4-6-8-15/h4-10,13-14H,11-12H2,1-3H3,(H,18,19). The van der Waals surface area contributed by atoms with Crippen molar-refractivity contribution in [3.63, 3.8) is 0 Å². The third kappa shape index (κ3) is 4.90. The summed E-state index contributed by atoms with van der Waals surface area (Å²) in [5.41, 5.74) is 2.61. The van der Waals surface area contributed by atoms with E-state index in [2.05, 4.69) is 46.2 Å². The number of hydrogen-bond acceptors (Lipinski definition) is 2. The van der Waals surface area contributed by atoms with Crippen LogP contribution in [0.15, 0.2) is 52.2 Å². The molecule has 0 aliphatic carbocycles. The lowest BCUT2D eigenvalue weighted by molar-refractivity contribution is 0.568. The molecule has 2 aromatic rings. The second-order valence-electron chi connectivity index (χ2n) is 5.36. The van der Waals surface area contributed by atoms with Gasteiger partial charge in [0.05, 0.1) is 6.54 Å². The van der Waals surface area contributed by atoms with Crippen LogP contribution in [0.1, 0.15) is 24.0 Å². The Kier molecular flexibility index (Phi) is 5.81. The molecule has 0 amide bonds. The molecule has 1 aromatic heterocycles. The van der Waals surface area contributed by atoms with Gasteiger partial charge in [0.25, 0.3) is 0 Å². The number of nitrogens with one attached hydrogen (secondary N) is 1. The molecule has 21 heavy (non-hydrogen) atoms. The van der Waals surface area contributed by atoms with Crippen molar-refractivity contribution < 1.29 is 0 Å². The Morgan fingerprint density at radius 1 is 1.24 bits per heavy atom. The fraction of sp³-hybridized carbons (Fsp3) is 0.353. The predicted molar refractivity (Wildman–Crippen MR) is 92.0 cm³/mol. The van der Waals surface area contributed by atoms with Crippen molar-refractivity contribution in [2.24, 2.45) is 4.99 Å². The molecular formula is C17H23N3S. The van der Waals surface area contributed by atoms with Gasteiger partial charge in [-0.15, -0.1) is 0 Å². The quantitative estimate of drug-likeness (QED) is 0.675. The van der Waals surface area contributed by atoms with E-state index < -0.39 is 0 Å². The summed E-state index contributed by atoms with van der Waals surface area (Å²) in [7, 11) is 4.04. The topological polar surface area (TPSA) is 27.6 Å². The third-order valence-electron chi connectivity index (χ3n) is 3.36. The maximum absolute atomic E-state index is 4.68. The highest BCUT2D eigenvalue weighted by molar-refractivity contribution is 7.07. The van der Waals surface area contributed by atoms with Crippen molar-refractivity contribution in [2.45, 2.75) is 19.4 Å². The lowest BCUT2D eigenvalue weighted by Crippen LogP contribution is -2.38. The number of thiophene rings is 1. The normalized spacial score (nSPS) is 13.0. The minimum Gasteiger partial charge on any atom is -0.356 e. The second kappa shape index (κ2) is 7.84. The van der Waals surface area contributed by atoms with Crippen LogP contribution in [0.25, 0.3) is 0 Å². The van der Waals surface area contributed by atoms with Crippen molar-refractivity contribution in [3.05, 3.63) is 58.3 Å². The summed E-state index contributed by atoms with van der Waals surface area (Å²) in [6, 6.07) is 12.5. The van der Waals surface area contributed by atoms with Gasteiger partial charge in [-0.1, -0.05) is 37.3 Å². The summed E-state index contributed by atoms with van der Waals surface area (Å²) in [6.45, 7) is 3.83. The Morgan fingerprint density at radius 2 is 2.00 bits per heavy atom. The molecule has 0 fully saturated rings. The molecule has 0 bridgehead atoms. The van der Waals surface area contributed by atoms with Gasteiger partial charge in [0.1, 0.15) is 0 Å². The SMILES string of the molecule is CC(CNC(=NCc1ccccc1)N(C)C)c1ccsc1. The lowest BCUT2D eigenvalue weighted by atomic mass is 10.1. The van der Waals surface area contributed by atoms with E-state index in [0.717, 1.165) is 12.5 Å². The van der Waals surface area contributed by atoms with E-state index in [4.69, 9.17) is 0 Å². The van der Waals surface area contributed by atoms with Crippen molar-refractivity contribution in [1.82, 2.24) is 10.2 Å². The first-order chi connectivity index (χ1) is 10.2. The van der Waals surface area contributed by atoms with Crippen LogP contribution in [0.5, 0.6) is 0 Å². The molecule has 0 saturated heterocycles. The summed E-state index contributed by atoms with van der Waals surface area (Å²) in [5.74, 6) is 1.42. The second-order valence-corrected chi connectivity index (χ2v) is 6.14. The largest absolute Gasteiger partial charge is 0.356 e. The van der Waals surface area contributed by atoms with Gasteiger partial charge in [0.2, 0.25) is 0 Å². The maximum atomic E-state index is 4.68. The first kappa shape index (κ1) is 15.6. The molecular weight excluding hydrogens is 278 g/mol. The number of hydrogen-bond donors (Lipinski definition) is 1. The molecule has 1 N–H and O–H groups in total. The van der Waals surface area contributed by atoms with Crippen LogP contribution in [0.2, 0.25) is 0 Å². The molecule has 1 heterocycles. The van der Waals surface area contributed by atoms with Gasteiger partial charge in [0, 0.05) is 20.6 Å². The van der Waals surface area contributed by atoms with Crippen LogP contribution >= 0.6 is 11.3 Å². The van der Waals surface area contributed by atoms with E-state index >= 15 is 0 Å². The predicted octanol–water partition coefficient (Wildman–Crippen LogP) is 3.56. The van der Waals surface area contributed by atoms with Crippen molar-refractivity contribution in [2.75, 3.05) is 20.6 Å². The number of aliphatic imine (C=N–C) groups is 1. The Morgan fingerprint density at radius 3 is 2.62 bits per heavy atom. The molecule has 2 rings (SSSR count). The first-order valence-electron chi connectivity index (χ1n) is 7.18. The van der Waals surface area contributed by atoms with Crippen molar-refractivity contribution in [1.29, 1.82) is 0 Å². The Bertz CT molecular complexity index is 547. The molecule has 1 atom stereocenters. The number of benzene rings is 1. The van der Waals surface area contributed by atoms with Crippen LogP contribution in [-0.2, 0) is 6.54 Å². The van der Waals surface area contributed by atoms with E-state index in [0.29, 0.717) is 12.5 Å². The molecule has 3 nitrogen and oxygen atoms in total. The molecule has 0 spiro atoms. The van der Waals surface area contributed by atoms with Gasteiger partial charge in [-0.2, -0.15) is 11.3 Å². The van der Waals surface area contributed by atoms with Gasteiger partial charge < -0.3 is 10.2 Å². The van der Waals surface area contributed by atoms with E-state index in [9.17, 15) is 0 Å². The minimum absolute atomic E-state index is 0.484. The fourth-order valence-corrected chi connectivity index (χ4v) is 2.80. The van der Waals surface area contributed by atoms with E-state index in [1.54, 1.807) is 11.3 Å². The fourth-order valence-electron chi connectivity index (χ4n) is 2.02. The lowest BCUT2D eigenvalue weighted by Gasteiger charge is -2.20. The van der Waals surface area contributed by atoms with Gasteiger partial charge in [-0.25, -0.2) is 4.99 Å². The molecule has 112 valence electrons. The van der Waals surface area contributed by atoms with Crippen LogP contribution in [-0.4, -0.2) is 31.5 Å². The minimum atomic E-state index is 0.484. The summed E-state index contributed by atoms with van der Waals surface area (Å²) in [6.07, 6.45) is 0. The van der Waals surface area contributed by atoms with Crippen LogP contribution in [0.4, 0.5) is 0 Å². The van der Waals surface area contributed by atoms with E-state index in [1.165, 1.54) is 11.1 Å².